The van der Waals surface area contributed by atoms with E-state index >= 15 is 0 Å². The highest BCUT2D eigenvalue weighted by atomic mass is 32.2. The number of nitrogens with one attached hydrogen (secondary N) is 1. The van der Waals surface area contributed by atoms with Gasteiger partial charge in [-0.25, -0.2) is 4.98 Å². The summed E-state index contributed by atoms with van der Waals surface area (Å²) in [6.45, 7) is 5.35. The molecule has 1 N–H and O–H groups in total. The molecule has 3 aromatic carbocycles. The minimum atomic E-state index is -0.526. The van der Waals surface area contributed by atoms with Crippen molar-refractivity contribution in [3.63, 3.8) is 0 Å². The lowest BCUT2D eigenvalue weighted by atomic mass is 10.1. The second-order valence-electron chi connectivity index (χ2n) is 7.95. The molecule has 34 heavy (non-hydrogen) atoms. The van der Waals surface area contributed by atoms with E-state index in [-0.39, 0.29) is 17.2 Å². The molecule has 4 aromatic rings. The first kappa shape index (κ1) is 23.4. The predicted molar refractivity (Wildman–Crippen MR) is 137 cm³/mol. The molecular weight excluding hydrogens is 446 g/mol. The third-order valence-corrected chi connectivity index (χ3v) is 6.61. The zero-order valence-electron chi connectivity index (χ0n) is 19.2. The largest absolute Gasteiger partial charge is 0.325 e. The summed E-state index contributed by atoms with van der Waals surface area (Å²) in [4.78, 5) is 42.5. The van der Waals surface area contributed by atoms with Crippen LogP contribution in [0.25, 0.3) is 16.6 Å². The van der Waals surface area contributed by atoms with E-state index < -0.39 is 5.25 Å². The van der Waals surface area contributed by atoms with Crippen LogP contribution in [0, 0.1) is 0 Å². The van der Waals surface area contributed by atoms with Gasteiger partial charge in [-0.3, -0.25) is 19.0 Å². The van der Waals surface area contributed by atoms with E-state index in [0.717, 1.165) is 6.42 Å². The number of para-hydroxylation sites is 1. The molecular formula is C27H25N3O3S. The number of hydrogen-bond acceptors (Lipinski definition) is 5. The number of thioether (sulfide) groups is 1. The monoisotopic (exact) mass is 471 g/mol. The molecule has 0 spiro atoms. The van der Waals surface area contributed by atoms with Crippen molar-refractivity contribution < 1.29 is 9.59 Å². The number of ketones is 1. The lowest BCUT2D eigenvalue weighted by molar-refractivity contribution is -0.115. The van der Waals surface area contributed by atoms with Crippen molar-refractivity contribution in [2.24, 2.45) is 0 Å². The number of carbonyl (C=O) groups excluding carboxylic acids is 2. The highest BCUT2D eigenvalue weighted by Crippen LogP contribution is 2.26. The van der Waals surface area contributed by atoms with E-state index in [2.05, 4.69) is 12.2 Å². The van der Waals surface area contributed by atoms with Crippen molar-refractivity contribution in [2.75, 3.05) is 5.32 Å². The summed E-state index contributed by atoms with van der Waals surface area (Å²) >= 11 is 1.23. The first-order chi connectivity index (χ1) is 16.4. The molecule has 0 fully saturated rings. The number of Topliss-reactive ketones (excluding diaryl/α,β-unsaturated/α-hetero) is 1. The van der Waals surface area contributed by atoms with Crippen molar-refractivity contribution >= 4 is 40.0 Å². The van der Waals surface area contributed by atoms with Gasteiger partial charge in [0.1, 0.15) is 0 Å². The number of anilines is 1. The number of rotatable bonds is 7. The fraction of sp³-hybridized carbons (Fsp3) is 0.185. The van der Waals surface area contributed by atoms with E-state index in [1.165, 1.54) is 24.2 Å². The van der Waals surface area contributed by atoms with Crippen molar-refractivity contribution in [1.29, 1.82) is 0 Å². The molecule has 1 aromatic heterocycles. The van der Waals surface area contributed by atoms with E-state index in [9.17, 15) is 14.4 Å². The minimum Gasteiger partial charge on any atom is -0.325 e. The van der Waals surface area contributed by atoms with Gasteiger partial charge in [-0.1, -0.05) is 43.0 Å². The Labute approximate surface area is 202 Å². The molecule has 0 saturated carbocycles. The quantitative estimate of drug-likeness (QED) is 0.226. The van der Waals surface area contributed by atoms with E-state index in [1.807, 2.05) is 36.4 Å². The number of nitrogens with zero attached hydrogens (tertiary/aromatic N) is 2. The first-order valence-corrected chi connectivity index (χ1v) is 11.9. The van der Waals surface area contributed by atoms with E-state index in [0.29, 0.717) is 33.0 Å². The van der Waals surface area contributed by atoms with Gasteiger partial charge in [0, 0.05) is 11.3 Å². The maximum absolute atomic E-state index is 13.4. The van der Waals surface area contributed by atoms with Crippen LogP contribution in [0.1, 0.15) is 36.7 Å². The summed E-state index contributed by atoms with van der Waals surface area (Å²) in [6.07, 6.45) is 0.900. The Balaban J connectivity index is 1.66. The summed E-state index contributed by atoms with van der Waals surface area (Å²) in [5, 5.41) is 3.31. The van der Waals surface area contributed by atoms with Crippen LogP contribution in [0.2, 0.25) is 0 Å². The summed E-state index contributed by atoms with van der Waals surface area (Å²) < 4.78 is 1.57. The molecule has 0 aliphatic carbocycles. The summed E-state index contributed by atoms with van der Waals surface area (Å²) in [5.74, 6) is -0.259. The third-order valence-electron chi connectivity index (χ3n) is 5.56. The van der Waals surface area contributed by atoms with Gasteiger partial charge in [-0.05, 0) is 74.4 Å². The number of fused-ring (bicyclic) bond motifs is 1. The van der Waals surface area contributed by atoms with E-state index in [4.69, 9.17) is 4.98 Å². The summed E-state index contributed by atoms with van der Waals surface area (Å²) in [6, 6.07) is 21.8. The first-order valence-electron chi connectivity index (χ1n) is 11.1. The normalized spacial score (nSPS) is 11.9. The molecule has 0 aliphatic heterocycles. The average molecular weight is 472 g/mol. The smallest absolute Gasteiger partial charge is 0.266 e. The maximum atomic E-state index is 13.4. The van der Waals surface area contributed by atoms with Crippen LogP contribution in [0.15, 0.2) is 82.7 Å². The Morgan fingerprint density at radius 1 is 1.00 bits per heavy atom. The van der Waals surface area contributed by atoms with Crippen molar-refractivity contribution in [3.05, 3.63) is 94.3 Å². The number of benzene rings is 3. The summed E-state index contributed by atoms with van der Waals surface area (Å²) in [7, 11) is 0. The molecule has 172 valence electrons. The van der Waals surface area contributed by atoms with Crippen LogP contribution < -0.4 is 10.9 Å². The molecule has 0 saturated heterocycles. The highest BCUT2D eigenvalue weighted by Gasteiger charge is 2.20. The Bertz CT molecular complexity index is 1410. The zero-order chi connectivity index (χ0) is 24.2. The van der Waals surface area contributed by atoms with Crippen molar-refractivity contribution in [1.82, 2.24) is 9.55 Å². The van der Waals surface area contributed by atoms with Gasteiger partial charge in [0.2, 0.25) is 5.91 Å². The molecule has 0 aliphatic rings. The number of aromatic nitrogens is 2. The molecule has 1 amide bonds. The number of amides is 1. The maximum Gasteiger partial charge on any atom is 0.266 e. The van der Waals surface area contributed by atoms with E-state index in [1.54, 1.807) is 47.9 Å². The molecule has 1 unspecified atom stereocenters. The number of aryl methyl sites for hydroxylation is 1. The van der Waals surface area contributed by atoms with Gasteiger partial charge in [-0.2, -0.15) is 0 Å². The van der Waals surface area contributed by atoms with Crippen molar-refractivity contribution in [3.8, 4) is 5.69 Å². The second-order valence-corrected chi connectivity index (χ2v) is 9.26. The fourth-order valence-electron chi connectivity index (χ4n) is 3.54. The lowest BCUT2D eigenvalue weighted by Crippen LogP contribution is -2.26. The van der Waals surface area contributed by atoms with Crippen LogP contribution in [0.5, 0.6) is 0 Å². The number of carbonyl (C=O) groups is 2. The Morgan fingerprint density at radius 3 is 2.32 bits per heavy atom. The Hall–Kier alpha value is -3.71. The highest BCUT2D eigenvalue weighted by molar-refractivity contribution is 8.00. The fourth-order valence-corrected chi connectivity index (χ4v) is 4.47. The Kier molecular flexibility index (Phi) is 6.93. The molecule has 0 bridgehead atoms. The third kappa shape index (κ3) is 4.94. The van der Waals surface area contributed by atoms with Gasteiger partial charge in [-0.15, -0.1) is 0 Å². The molecule has 0 radical (unpaired) electrons. The van der Waals surface area contributed by atoms with Gasteiger partial charge < -0.3 is 5.32 Å². The van der Waals surface area contributed by atoms with Gasteiger partial charge in [0.05, 0.1) is 21.8 Å². The molecule has 1 atom stereocenters. The Morgan fingerprint density at radius 2 is 1.68 bits per heavy atom. The van der Waals surface area contributed by atoms with Crippen LogP contribution in [-0.2, 0) is 11.2 Å². The topological polar surface area (TPSA) is 81.1 Å². The standard InChI is InChI=1S/C27H25N3O3S/c1-4-19-9-15-22(16-10-19)30-26(33)23-7-5-6-8-24(23)29-27(30)34-18(3)25(32)28-21-13-11-20(12-14-21)17(2)31/h5-16,18H,4H2,1-3H3,(H,28,32). The average Bonchev–Trinajstić information content (AvgIpc) is 2.84. The molecule has 1 heterocycles. The summed E-state index contributed by atoms with van der Waals surface area (Å²) in [5.41, 5.74) is 3.47. The van der Waals surface area contributed by atoms with Crippen LogP contribution in [0.3, 0.4) is 0 Å². The van der Waals surface area contributed by atoms with Crippen LogP contribution in [-0.4, -0.2) is 26.5 Å². The SMILES string of the molecule is CCc1ccc(-n2c(SC(C)C(=O)Nc3ccc(C(C)=O)cc3)nc3ccccc3c2=O)cc1. The molecule has 7 heteroatoms. The minimum absolute atomic E-state index is 0.0332. The lowest BCUT2D eigenvalue weighted by Gasteiger charge is -2.17. The molecule has 4 rings (SSSR count). The van der Waals surface area contributed by atoms with Crippen LogP contribution in [0.4, 0.5) is 5.69 Å². The zero-order valence-corrected chi connectivity index (χ0v) is 20.1. The second kappa shape index (κ2) is 10.1. The number of hydrogen-bond donors (Lipinski definition) is 1. The van der Waals surface area contributed by atoms with Crippen LogP contribution >= 0.6 is 11.8 Å². The van der Waals surface area contributed by atoms with Gasteiger partial charge >= 0.3 is 0 Å². The van der Waals surface area contributed by atoms with Gasteiger partial charge in [0.25, 0.3) is 5.56 Å². The van der Waals surface area contributed by atoms with Crippen molar-refractivity contribution in [2.45, 2.75) is 37.6 Å². The van der Waals surface area contributed by atoms with Gasteiger partial charge in [0.15, 0.2) is 10.9 Å². The molecule has 6 nitrogen and oxygen atoms in total. The predicted octanol–water partition coefficient (Wildman–Crippen LogP) is 5.27.